The van der Waals surface area contributed by atoms with Gasteiger partial charge in [0.25, 0.3) is 0 Å². The minimum Gasteiger partial charge on any atom is -0.354 e. The van der Waals surface area contributed by atoms with Gasteiger partial charge in [0.1, 0.15) is 0 Å². The van der Waals surface area contributed by atoms with Crippen LogP contribution in [0.3, 0.4) is 0 Å². The summed E-state index contributed by atoms with van der Waals surface area (Å²) in [5.74, 6) is 0.269. The molecule has 78 valence electrons. The predicted octanol–water partition coefficient (Wildman–Crippen LogP) is 0.892. The van der Waals surface area contributed by atoms with Gasteiger partial charge >= 0.3 is 0 Å². The minimum absolute atomic E-state index is 0.269. The number of hydrogen-bond donors (Lipinski definition) is 1. The lowest BCUT2D eigenvalue weighted by molar-refractivity contribution is -0.121. The number of carbonyl (C=O) groups is 1. The molecule has 2 aliphatic heterocycles. The molecule has 3 rings (SSSR count). The minimum atomic E-state index is 0.269. The Morgan fingerprint density at radius 1 is 1.07 bits per heavy atom. The van der Waals surface area contributed by atoms with Gasteiger partial charge in [-0.05, 0) is 25.7 Å². The quantitative estimate of drug-likeness (QED) is 0.672. The molecule has 0 spiro atoms. The topological polar surface area (TPSA) is 32.3 Å². The third kappa shape index (κ3) is 1.44. The summed E-state index contributed by atoms with van der Waals surface area (Å²) < 4.78 is 0. The number of nitrogens with zero attached hydrogens (tertiary/aromatic N) is 1. The van der Waals surface area contributed by atoms with Crippen LogP contribution in [0, 0.1) is 0 Å². The normalized spacial score (nSPS) is 39.0. The van der Waals surface area contributed by atoms with Crippen molar-refractivity contribution in [2.24, 2.45) is 0 Å². The van der Waals surface area contributed by atoms with Gasteiger partial charge in [-0.1, -0.05) is 6.42 Å². The SMILES string of the molecule is O=C1C[C@H]2CCC[C@@H](CN1)N2C1CC1. The number of carbonyl (C=O) groups excluding carboxylic acids is 1. The molecule has 2 atom stereocenters. The number of fused-ring (bicyclic) bond motifs is 2. The maximum atomic E-state index is 11.5. The first-order valence-electron chi connectivity index (χ1n) is 5.89. The Kier molecular flexibility index (Phi) is 2.01. The number of piperidine rings is 1. The van der Waals surface area contributed by atoms with Gasteiger partial charge in [-0.25, -0.2) is 0 Å². The summed E-state index contributed by atoms with van der Waals surface area (Å²) in [7, 11) is 0. The molecule has 1 aliphatic carbocycles. The molecule has 3 heteroatoms. The standard InChI is InChI=1S/C11H18N2O/c14-11-6-9-2-1-3-10(7-12-11)13(9)8-4-5-8/h8-10H,1-7H2,(H,12,14)/t9-,10+/m1/s1. The van der Waals surface area contributed by atoms with Crippen molar-refractivity contribution in [2.75, 3.05) is 6.54 Å². The molecule has 0 aromatic rings. The smallest absolute Gasteiger partial charge is 0.221 e. The molecule has 1 saturated carbocycles. The van der Waals surface area contributed by atoms with Crippen molar-refractivity contribution < 1.29 is 4.79 Å². The van der Waals surface area contributed by atoms with E-state index in [1.54, 1.807) is 0 Å². The molecule has 3 aliphatic rings. The largest absolute Gasteiger partial charge is 0.354 e. The second-order valence-electron chi connectivity index (χ2n) is 4.93. The highest BCUT2D eigenvalue weighted by Crippen LogP contribution is 2.37. The molecule has 1 amide bonds. The highest BCUT2D eigenvalue weighted by atomic mass is 16.1. The van der Waals surface area contributed by atoms with Crippen LogP contribution in [-0.2, 0) is 4.79 Å². The van der Waals surface area contributed by atoms with Crippen LogP contribution in [0.25, 0.3) is 0 Å². The van der Waals surface area contributed by atoms with Crippen LogP contribution in [-0.4, -0.2) is 35.5 Å². The highest BCUT2D eigenvalue weighted by Gasteiger charge is 2.42. The van der Waals surface area contributed by atoms with Crippen molar-refractivity contribution in [3.63, 3.8) is 0 Å². The first-order valence-corrected chi connectivity index (χ1v) is 5.89. The zero-order chi connectivity index (χ0) is 9.54. The van der Waals surface area contributed by atoms with Gasteiger partial charge in [-0.15, -0.1) is 0 Å². The van der Waals surface area contributed by atoms with Crippen LogP contribution in [0.1, 0.15) is 38.5 Å². The molecule has 2 bridgehead atoms. The summed E-state index contributed by atoms with van der Waals surface area (Å²) >= 11 is 0. The Morgan fingerprint density at radius 2 is 1.86 bits per heavy atom. The lowest BCUT2D eigenvalue weighted by Crippen LogP contribution is -2.48. The van der Waals surface area contributed by atoms with Crippen molar-refractivity contribution in [1.82, 2.24) is 10.2 Å². The van der Waals surface area contributed by atoms with E-state index in [1.807, 2.05) is 0 Å². The average molecular weight is 194 g/mol. The molecule has 0 aromatic carbocycles. The molecule has 0 unspecified atom stereocenters. The van der Waals surface area contributed by atoms with E-state index in [-0.39, 0.29) is 5.91 Å². The van der Waals surface area contributed by atoms with Gasteiger partial charge in [-0.3, -0.25) is 9.69 Å². The summed E-state index contributed by atoms with van der Waals surface area (Å²) in [6, 6.07) is 2.02. The van der Waals surface area contributed by atoms with E-state index >= 15 is 0 Å². The molecule has 14 heavy (non-hydrogen) atoms. The Bertz CT molecular complexity index is 250. The summed E-state index contributed by atoms with van der Waals surface area (Å²) in [6.07, 6.45) is 7.30. The molecule has 2 heterocycles. The fourth-order valence-corrected chi connectivity index (χ4v) is 3.09. The number of hydrogen-bond acceptors (Lipinski definition) is 2. The van der Waals surface area contributed by atoms with Gasteiger partial charge in [0.05, 0.1) is 0 Å². The van der Waals surface area contributed by atoms with Crippen molar-refractivity contribution >= 4 is 5.91 Å². The summed E-state index contributed by atoms with van der Waals surface area (Å²) in [4.78, 5) is 14.1. The van der Waals surface area contributed by atoms with Crippen LogP contribution in [0.4, 0.5) is 0 Å². The van der Waals surface area contributed by atoms with E-state index in [9.17, 15) is 4.79 Å². The van der Waals surface area contributed by atoms with Crippen molar-refractivity contribution in [2.45, 2.75) is 56.7 Å². The summed E-state index contributed by atoms with van der Waals surface area (Å²) in [6.45, 7) is 0.895. The van der Waals surface area contributed by atoms with E-state index in [0.717, 1.165) is 19.0 Å². The highest BCUT2D eigenvalue weighted by molar-refractivity contribution is 5.77. The van der Waals surface area contributed by atoms with E-state index in [0.29, 0.717) is 12.1 Å². The number of nitrogens with one attached hydrogen (secondary N) is 1. The van der Waals surface area contributed by atoms with Crippen molar-refractivity contribution in [3.8, 4) is 0 Å². The third-order valence-corrected chi connectivity index (χ3v) is 3.84. The van der Waals surface area contributed by atoms with Gasteiger partial charge in [0, 0.05) is 31.1 Å². The second kappa shape index (κ2) is 3.23. The van der Waals surface area contributed by atoms with Gasteiger partial charge in [-0.2, -0.15) is 0 Å². The van der Waals surface area contributed by atoms with Gasteiger partial charge in [0.15, 0.2) is 0 Å². The molecular formula is C11H18N2O. The molecule has 3 nitrogen and oxygen atoms in total. The maximum absolute atomic E-state index is 11.5. The van der Waals surface area contributed by atoms with Crippen molar-refractivity contribution in [3.05, 3.63) is 0 Å². The molecular weight excluding hydrogens is 176 g/mol. The van der Waals surface area contributed by atoms with E-state index in [2.05, 4.69) is 10.2 Å². The lowest BCUT2D eigenvalue weighted by Gasteiger charge is -2.40. The van der Waals surface area contributed by atoms with Crippen LogP contribution in [0.15, 0.2) is 0 Å². The third-order valence-electron chi connectivity index (χ3n) is 3.84. The first-order chi connectivity index (χ1) is 6.84. The monoisotopic (exact) mass is 194 g/mol. The zero-order valence-corrected chi connectivity index (χ0v) is 8.54. The van der Waals surface area contributed by atoms with E-state index < -0.39 is 0 Å². The second-order valence-corrected chi connectivity index (χ2v) is 4.93. The van der Waals surface area contributed by atoms with E-state index in [4.69, 9.17) is 0 Å². The Labute approximate surface area is 84.8 Å². The van der Waals surface area contributed by atoms with Crippen LogP contribution < -0.4 is 5.32 Å². The maximum Gasteiger partial charge on any atom is 0.221 e. The lowest BCUT2D eigenvalue weighted by atomic mass is 9.94. The Morgan fingerprint density at radius 3 is 2.64 bits per heavy atom. The number of amides is 1. The Hall–Kier alpha value is -0.570. The summed E-state index contributed by atoms with van der Waals surface area (Å²) in [5, 5.41) is 3.05. The fourth-order valence-electron chi connectivity index (χ4n) is 3.09. The van der Waals surface area contributed by atoms with Crippen LogP contribution in [0.2, 0.25) is 0 Å². The summed E-state index contributed by atoms with van der Waals surface area (Å²) in [5.41, 5.74) is 0. The van der Waals surface area contributed by atoms with Crippen molar-refractivity contribution in [1.29, 1.82) is 0 Å². The Balaban J connectivity index is 1.82. The van der Waals surface area contributed by atoms with Crippen LogP contribution in [0.5, 0.6) is 0 Å². The fraction of sp³-hybridized carbons (Fsp3) is 0.909. The first kappa shape index (κ1) is 8.72. The van der Waals surface area contributed by atoms with Crippen LogP contribution >= 0.6 is 0 Å². The molecule has 3 fully saturated rings. The van der Waals surface area contributed by atoms with Gasteiger partial charge < -0.3 is 5.32 Å². The zero-order valence-electron chi connectivity index (χ0n) is 8.54. The number of rotatable bonds is 1. The predicted molar refractivity (Wildman–Crippen MR) is 53.9 cm³/mol. The molecule has 0 radical (unpaired) electrons. The molecule has 2 saturated heterocycles. The van der Waals surface area contributed by atoms with Gasteiger partial charge in [0.2, 0.25) is 5.91 Å². The molecule has 0 aromatic heterocycles. The van der Waals surface area contributed by atoms with E-state index in [1.165, 1.54) is 32.1 Å². The average Bonchev–Trinajstić information content (AvgIpc) is 2.96. The molecule has 1 N–H and O–H groups in total.